The fraction of sp³-hybridized carbons (Fsp3) is 0.100. The number of rotatable bonds is 6. The van der Waals surface area contributed by atoms with E-state index in [1.807, 2.05) is 0 Å². The van der Waals surface area contributed by atoms with Crippen LogP contribution in [0.4, 0.5) is 11.5 Å². The van der Waals surface area contributed by atoms with Crippen LogP contribution in [0, 0.1) is 0 Å². The molecule has 2 aromatic carbocycles. The Hall–Kier alpha value is -3.23. The molecule has 0 spiro atoms. The quantitative estimate of drug-likeness (QED) is 0.446. The molecule has 2 aromatic heterocycles. The number of nitrogens with one attached hydrogen (secondary N) is 1. The number of thiazole rings is 1. The number of halogens is 1. The molecule has 0 saturated heterocycles. The third-order valence-corrected chi connectivity index (χ3v) is 5.36. The fourth-order valence-electron chi connectivity index (χ4n) is 2.86. The number of carbonyl (C=O) groups is 1. The summed E-state index contributed by atoms with van der Waals surface area (Å²) in [6.45, 7) is 0. The van der Waals surface area contributed by atoms with E-state index in [0.717, 1.165) is 5.39 Å². The summed E-state index contributed by atoms with van der Waals surface area (Å²) >= 11 is 7.64. The number of hydrogen-bond donors (Lipinski definition) is 1. The van der Waals surface area contributed by atoms with Crippen molar-refractivity contribution in [3.05, 3.63) is 63.8 Å². The van der Waals surface area contributed by atoms with Gasteiger partial charge in [-0.2, -0.15) is 0 Å². The molecular formula is C20H15ClN4O3S. The largest absolute Gasteiger partial charge is 0.493 e. The predicted molar refractivity (Wildman–Crippen MR) is 113 cm³/mol. The van der Waals surface area contributed by atoms with Gasteiger partial charge in [0.15, 0.2) is 11.5 Å². The molecule has 0 unspecified atom stereocenters. The van der Waals surface area contributed by atoms with Crippen LogP contribution >= 0.6 is 22.9 Å². The third kappa shape index (κ3) is 3.72. The second-order valence-corrected chi connectivity index (χ2v) is 7.25. The van der Waals surface area contributed by atoms with Gasteiger partial charge in [-0.1, -0.05) is 11.6 Å². The normalized spacial score (nSPS) is 10.7. The van der Waals surface area contributed by atoms with Crippen molar-refractivity contribution in [1.29, 1.82) is 0 Å². The topological polar surface area (TPSA) is 86.2 Å². The molecule has 1 N–H and O–H groups in total. The lowest BCUT2D eigenvalue weighted by molar-refractivity contribution is 0.104. The maximum atomic E-state index is 12.5. The zero-order valence-electron chi connectivity index (χ0n) is 15.5. The van der Waals surface area contributed by atoms with Crippen molar-refractivity contribution in [3.8, 4) is 11.5 Å². The number of hydrogen-bond acceptors (Lipinski definition) is 8. The van der Waals surface area contributed by atoms with Crippen LogP contribution in [-0.2, 0) is 0 Å². The van der Waals surface area contributed by atoms with Crippen LogP contribution < -0.4 is 14.8 Å². The standard InChI is InChI=1S/C20H15ClN4O3S/c1-27-16-6-13-15(7-17(16)28-2)23-9-24-20(13)25-11-3-4-12(14(21)5-11)19(26)18-8-22-10-29-18/h3-10H,1-2H3,(H,23,24,25). The minimum Gasteiger partial charge on any atom is -0.493 e. The Morgan fingerprint density at radius 2 is 1.90 bits per heavy atom. The molecule has 4 aromatic rings. The van der Waals surface area contributed by atoms with Gasteiger partial charge in [0.05, 0.1) is 35.1 Å². The molecular weight excluding hydrogens is 412 g/mol. The molecule has 0 aliphatic heterocycles. The predicted octanol–water partition coefficient (Wildman–Crippen LogP) is 4.73. The Balaban J connectivity index is 1.68. The highest BCUT2D eigenvalue weighted by Gasteiger charge is 2.16. The van der Waals surface area contributed by atoms with Crippen LogP contribution in [0.25, 0.3) is 10.9 Å². The summed E-state index contributed by atoms with van der Waals surface area (Å²) in [5, 5.41) is 4.32. The van der Waals surface area contributed by atoms with Crippen LogP contribution in [0.15, 0.2) is 48.4 Å². The van der Waals surface area contributed by atoms with Crippen molar-refractivity contribution < 1.29 is 14.3 Å². The summed E-state index contributed by atoms with van der Waals surface area (Å²) in [5.74, 6) is 1.57. The maximum absolute atomic E-state index is 12.5. The second-order valence-electron chi connectivity index (χ2n) is 5.96. The van der Waals surface area contributed by atoms with E-state index in [1.54, 1.807) is 50.1 Å². The Morgan fingerprint density at radius 3 is 2.59 bits per heavy atom. The molecule has 146 valence electrons. The van der Waals surface area contributed by atoms with Gasteiger partial charge in [0, 0.05) is 28.9 Å². The molecule has 0 fully saturated rings. The van der Waals surface area contributed by atoms with E-state index in [9.17, 15) is 4.79 Å². The SMILES string of the molecule is COc1cc2ncnc(Nc3ccc(C(=O)c4cncs4)c(Cl)c3)c2cc1OC. The van der Waals surface area contributed by atoms with E-state index in [4.69, 9.17) is 21.1 Å². The number of methoxy groups -OCH3 is 2. The van der Waals surface area contributed by atoms with Crippen molar-refractivity contribution in [2.75, 3.05) is 19.5 Å². The van der Waals surface area contributed by atoms with Crippen molar-refractivity contribution >= 4 is 51.1 Å². The van der Waals surface area contributed by atoms with Gasteiger partial charge in [0.1, 0.15) is 12.1 Å². The molecule has 4 rings (SSSR count). The molecule has 2 heterocycles. The first-order chi connectivity index (χ1) is 14.1. The van der Waals surface area contributed by atoms with Crippen molar-refractivity contribution in [2.45, 2.75) is 0 Å². The van der Waals surface area contributed by atoms with Gasteiger partial charge in [-0.25, -0.2) is 9.97 Å². The zero-order chi connectivity index (χ0) is 20.4. The molecule has 29 heavy (non-hydrogen) atoms. The fourth-order valence-corrected chi connectivity index (χ4v) is 3.70. The van der Waals surface area contributed by atoms with Crippen molar-refractivity contribution in [2.24, 2.45) is 0 Å². The Morgan fingerprint density at radius 1 is 1.10 bits per heavy atom. The summed E-state index contributed by atoms with van der Waals surface area (Å²) < 4.78 is 10.7. The first-order valence-corrected chi connectivity index (χ1v) is 9.73. The van der Waals surface area contributed by atoms with E-state index in [-0.39, 0.29) is 5.78 Å². The molecule has 0 saturated carbocycles. The van der Waals surface area contributed by atoms with Crippen molar-refractivity contribution in [3.63, 3.8) is 0 Å². The molecule has 9 heteroatoms. The second kappa shape index (κ2) is 8.02. The molecule has 0 aliphatic carbocycles. The summed E-state index contributed by atoms with van der Waals surface area (Å²) in [4.78, 5) is 25.6. The maximum Gasteiger partial charge on any atom is 0.206 e. The molecule has 0 radical (unpaired) electrons. The molecule has 0 aliphatic rings. The van der Waals surface area contributed by atoms with Crippen LogP contribution in [-0.4, -0.2) is 35.0 Å². The van der Waals surface area contributed by atoms with Crippen LogP contribution in [0.5, 0.6) is 11.5 Å². The number of ketones is 1. The lowest BCUT2D eigenvalue weighted by Gasteiger charge is -2.12. The summed E-state index contributed by atoms with van der Waals surface area (Å²) in [7, 11) is 3.14. The van der Waals surface area contributed by atoms with Gasteiger partial charge >= 0.3 is 0 Å². The minimum absolute atomic E-state index is 0.159. The minimum atomic E-state index is -0.159. The molecule has 0 amide bonds. The lowest BCUT2D eigenvalue weighted by Crippen LogP contribution is -2.01. The Kier molecular flexibility index (Phi) is 5.28. The highest BCUT2D eigenvalue weighted by atomic mass is 35.5. The van der Waals surface area contributed by atoms with E-state index in [0.29, 0.717) is 44.0 Å². The number of benzene rings is 2. The first-order valence-electron chi connectivity index (χ1n) is 8.47. The first kappa shape index (κ1) is 19.1. The third-order valence-electron chi connectivity index (χ3n) is 4.27. The van der Waals surface area contributed by atoms with E-state index >= 15 is 0 Å². The lowest BCUT2D eigenvalue weighted by atomic mass is 10.1. The Bertz CT molecular complexity index is 1200. The zero-order valence-corrected chi connectivity index (χ0v) is 17.0. The van der Waals surface area contributed by atoms with Gasteiger partial charge in [-0.3, -0.25) is 9.78 Å². The smallest absolute Gasteiger partial charge is 0.206 e. The number of nitrogens with zero attached hydrogens (tertiary/aromatic N) is 3. The van der Waals surface area contributed by atoms with Gasteiger partial charge in [-0.05, 0) is 24.3 Å². The van der Waals surface area contributed by atoms with Crippen LogP contribution in [0.1, 0.15) is 15.2 Å². The van der Waals surface area contributed by atoms with Crippen LogP contribution in [0.3, 0.4) is 0 Å². The van der Waals surface area contributed by atoms with Gasteiger partial charge in [0.2, 0.25) is 5.78 Å². The average Bonchev–Trinajstić information content (AvgIpc) is 3.27. The van der Waals surface area contributed by atoms with E-state index in [2.05, 4.69) is 20.3 Å². The number of fused-ring (bicyclic) bond motifs is 1. The van der Waals surface area contributed by atoms with Gasteiger partial charge in [-0.15, -0.1) is 11.3 Å². The number of aromatic nitrogens is 3. The van der Waals surface area contributed by atoms with Gasteiger partial charge in [0.25, 0.3) is 0 Å². The number of carbonyl (C=O) groups excluding carboxylic acids is 1. The molecule has 0 bridgehead atoms. The van der Waals surface area contributed by atoms with Crippen molar-refractivity contribution in [1.82, 2.24) is 15.0 Å². The molecule has 0 atom stereocenters. The highest BCUT2D eigenvalue weighted by Crippen LogP contribution is 2.35. The van der Waals surface area contributed by atoms with E-state index in [1.165, 1.54) is 23.9 Å². The van der Waals surface area contributed by atoms with E-state index < -0.39 is 0 Å². The summed E-state index contributed by atoms with van der Waals surface area (Å²) in [6, 6.07) is 8.73. The monoisotopic (exact) mass is 426 g/mol. The summed E-state index contributed by atoms with van der Waals surface area (Å²) in [6.07, 6.45) is 2.99. The van der Waals surface area contributed by atoms with Gasteiger partial charge < -0.3 is 14.8 Å². The Labute approximate surface area is 175 Å². The number of ether oxygens (including phenoxy) is 2. The molecule has 7 nitrogen and oxygen atoms in total. The number of anilines is 2. The summed E-state index contributed by atoms with van der Waals surface area (Å²) in [5.41, 5.74) is 3.41. The van der Waals surface area contributed by atoms with Crippen LogP contribution in [0.2, 0.25) is 5.02 Å². The average molecular weight is 427 g/mol. The highest BCUT2D eigenvalue weighted by molar-refractivity contribution is 7.12.